The van der Waals surface area contributed by atoms with Crippen molar-refractivity contribution >= 4 is 27.5 Å². The third-order valence-electron chi connectivity index (χ3n) is 6.40. The Bertz CT molecular complexity index is 1170. The molecule has 2 rings (SSSR count). The van der Waals surface area contributed by atoms with Crippen LogP contribution in [0.1, 0.15) is 50.3 Å². The highest BCUT2D eigenvalue weighted by Crippen LogP contribution is 2.26. The number of carbonyl (C=O) groups is 2. The van der Waals surface area contributed by atoms with Gasteiger partial charge in [0.25, 0.3) is 0 Å². The number of methoxy groups -OCH3 is 1. The van der Waals surface area contributed by atoms with Crippen LogP contribution in [0.2, 0.25) is 0 Å². The largest absolute Gasteiger partial charge is 0.497 e. The van der Waals surface area contributed by atoms with Crippen molar-refractivity contribution < 1.29 is 22.7 Å². The highest BCUT2D eigenvalue weighted by atomic mass is 32.2. The average molecular weight is 518 g/mol. The molecule has 0 aliphatic carbocycles. The second-order valence-corrected chi connectivity index (χ2v) is 11.0. The molecule has 1 N–H and O–H groups in total. The van der Waals surface area contributed by atoms with Crippen LogP contribution in [-0.4, -0.2) is 57.1 Å². The Balaban J connectivity index is 2.50. The van der Waals surface area contributed by atoms with E-state index in [0.717, 1.165) is 33.7 Å². The second kappa shape index (κ2) is 12.8. The molecule has 36 heavy (non-hydrogen) atoms. The molecule has 8 nitrogen and oxygen atoms in total. The maximum absolute atomic E-state index is 13.8. The molecule has 0 aromatic heterocycles. The summed E-state index contributed by atoms with van der Waals surface area (Å²) in [5, 5.41) is 2.97. The standard InChI is InChI=1S/C27H39N3O5S/c1-8-20(4)28-27(32)24(9-2)29(17-22-13-11-14-23(16-22)35-6)26(31)18-30(36(7,33)34)25-15-10-12-19(3)21(25)5/h10-16,20,24H,8-9,17-18H2,1-7H3,(H,28,32)/t20-,24+/m0/s1. The number of amides is 2. The number of hydrogen-bond donors (Lipinski definition) is 1. The van der Waals surface area contributed by atoms with Crippen molar-refractivity contribution in [1.82, 2.24) is 10.2 Å². The van der Waals surface area contributed by atoms with Gasteiger partial charge in [0.1, 0.15) is 18.3 Å². The first kappa shape index (κ1) is 29.2. The number of aryl methyl sites for hydroxylation is 1. The van der Waals surface area contributed by atoms with Crippen molar-refractivity contribution in [2.45, 2.75) is 66.1 Å². The molecule has 9 heteroatoms. The summed E-state index contributed by atoms with van der Waals surface area (Å²) in [4.78, 5) is 28.5. The van der Waals surface area contributed by atoms with Gasteiger partial charge in [-0.2, -0.15) is 0 Å². The molecular formula is C27H39N3O5S. The Morgan fingerprint density at radius 2 is 1.72 bits per heavy atom. The normalized spacial score (nSPS) is 13.0. The predicted octanol–water partition coefficient (Wildman–Crippen LogP) is 3.80. The lowest BCUT2D eigenvalue weighted by molar-refractivity contribution is -0.140. The van der Waals surface area contributed by atoms with Gasteiger partial charge in [-0.25, -0.2) is 8.42 Å². The molecule has 2 atom stereocenters. The van der Waals surface area contributed by atoms with Crippen LogP contribution < -0.4 is 14.4 Å². The minimum atomic E-state index is -3.78. The van der Waals surface area contributed by atoms with E-state index in [-0.39, 0.29) is 18.5 Å². The lowest BCUT2D eigenvalue weighted by Crippen LogP contribution is -2.53. The van der Waals surface area contributed by atoms with Crippen LogP contribution in [0.25, 0.3) is 0 Å². The van der Waals surface area contributed by atoms with Gasteiger partial charge in [-0.1, -0.05) is 38.1 Å². The van der Waals surface area contributed by atoms with E-state index >= 15 is 0 Å². The molecule has 0 radical (unpaired) electrons. The minimum absolute atomic E-state index is 0.0530. The fourth-order valence-corrected chi connectivity index (χ4v) is 4.83. The third kappa shape index (κ3) is 7.46. The second-order valence-electron chi connectivity index (χ2n) is 9.10. The maximum Gasteiger partial charge on any atom is 0.244 e. The van der Waals surface area contributed by atoms with Crippen LogP contribution in [0.15, 0.2) is 42.5 Å². The fourth-order valence-electron chi connectivity index (χ4n) is 3.93. The molecule has 2 aromatic rings. The molecular weight excluding hydrogens is 478 g/mol. The van der Waals surface area contributed by atoms with Crippen LogP contribution in [0.3, 0.4) is 0 Å². The lowest BCUT2D eigenvalue weighted by atomic mass is 10.1. The van der Waals surface area contributed by atoms with Crippen LogP contribution in [-0.2, 0) is 26.2 Å². The van der Waals surface area contributed by atoms with Crippen molar-refractivity contribution in [3.8, 4) is 5.75 Å². The number of ether oxygens (including phenoxy) is 1. The number of benzene rings is 2. The molecule has 0 aliphatic rings. The summed E-state index contributed by atoms with van der Waals surface area (Å²) in [7, 11) is -2.22. The van der Waals surface area contributed by atoms with Crippen molar-refractivity contribution in [2.75, 3.05) is 24.2 Å². The van der Waals surface area contributed by atoms with E-state index in [0.29, 0.717) is 17.9 Å². The number of hydrogen-bond acceptors (Lipinski definition) is 5. The first-order valence-electron chi connectivity index (χ1n) is 12.2. The molecule has 0 bridgehead atoms. The summed E-state index contributed by atoms with van der Waals surface area (Å²) in [6, 6.07) is 11.8. The summed E-state index contributed by atoms with van der Waals surface area (Å²) >= 11 is 0. The van der Waals surface area contributed by atoms with E-state index in [1.54, 1.807) is 31.4 Å². The van der Waals surface area contributed by atoms with E-state index < -0.39 is 28.5 Å². The van der Waals surface area contributed by atoms with Gasteiger partial charge in [0.15, 0.2) is 0 Å². The van der Waals surface area contributed by atoms with Crippen LogP contribution >= 0.6 is 0 Å². The zero-order valence-corrected chi connectivity index (χ0v) is 23.2. The molecule has 2 amide bonds. The van der Waals surface area contributed by atoms with E-state index in [1.807, 2.05) is 52.8 Å². The number of anilines is 1. The zero-order valence-electron chi connectivity index (χ0n) is 22.4. The minimum Gasteiger partial charge on any atom is -0.497 e. The Morgan fingerprint density at radius 3 is 2.31 bits per heavy atom. The molecule has 0 saturated heterocycles. The van der Waals surface area contributed by atoms with Gasteiger partial charge in [-0.3, -0.25) is 13.9 Å². The summed E-state index contributed by atoms with van der Waals surface area (Å²) in [5.74, 6) is -0.0961. The third-order valence-corrected chi connectivity index (χ3v) is 7.52. The van der Waals surface area contributed by atoms with Crippen LogP contribution in [0.5, 0.6) is 5.75 Å². The molecule has 0 unspecified atom stereocenters. The molecule has 2 aromatic carbocycles. The summed E-state index contributed by atoms with van der Waals surface area (Å²) in [6.45, 7) is 9.15. The Labute approximate surface area is 215 Å². The smallest absolute Gasteiger partial charge is 0.244 e. The van der Waals surface area contributed by atoms with E-state index in [2.05, 4.69) is 5.32 Å². The fraction of sp³-hybridized carbons (Fsp3) is 0.481. The van der Waals surface area contributed by atoms with E-state index in [4.69, 9.17) is 4.74 Å². The first-order valence-corrected chi connectivity index (χ1v) is 14.0. The predicted molar refractivity (Wildman–Crippen MR) is 144 cm³/mol. The SMILES string of the molecule is CC[C@H](C(=O)N[C@@H](C)CC)N(Cc1cccc(OC)c1)C(=O)CN(c1cccc(C)c1C)S(C)(=O)=O. The van der Waals surface area contributed by atoms with Crippen molar-refractivity contribution in [1.29, 1.82) is 0 Å². The Kier molecular flexibility index (Phi) is 10.3. The van der Waals surface area contributed by atoms with Gasteiger partial charge in [-0.15, -0.1) is 0 Å². The molecule has 0 fully saturated rings. The number of nitrogens with zero attached hydrogens (tertiary/aromatic N) is 2. The number of nitrogens with one attached hydrogen (secondary N) is 1. The number of sulfonamides is 1. The summed E-state index contributed by atoms with van der Waals surface area (Å²) in [5.41, 5.74) is 2.91. The van der Waals surface area contributed by atoms with Crippen molar-refractivity contribution in [3.05, 3.63) is 59.2 Å². The molecule has 0 spiro atoms. The summed E-state index contributed by atoms with van der Waals surface area (Å²) < 4.78 is 32.1. The molecule has 0 heterocycles. The topological polar surface area (TPSA) is 96.0 Å². The van der Waals surface area contributed by atoms with Gasteiger partial charge < -0.3 is 15.0 Å². The van der Waals surface area contributed by atoms with Crippen LogP contribution in [0.4, 0.5) is 5.69 Å². The van der Waals surface area contributed by atoms with E-state index in [9.17, 15) is 18.0 Å². The lowest BCUT2D eigenvalue weighted by Gasteiger charge is -2.33. The molecule has 0 aliphatic heterocycles. The van der Waals surface area contributed by atoms with Gasteiger partial charge in [-0.05, 0) is 68.5 Å². The first-order chi connectivity index (χ1) is 16.9. The quantitative estimate of drug-likeness (QED) is 0.462. The van der Waals surface area contributed by atoms with Gasteiger partial charge in [0.2, 0.25) is 21.8 Å². The van der Waals surface area contributed by atoms with Gasteiger partial charge in [0.05, 0.1) is 19.1 Å². The van der Waals surface area contributed by atoms with Crippen molar-refractivity contribution in [3.63, 3.8) is 0 Å². The van der Waals surface area contributed by atoms with Crippen molar-refractivity contribution in [2.24, 2.45) is 0 Å². The number of carbonyl (C=O) groups excluding carboxylic acids is 2. The highest BCUT2D eigenvalue weighted by Gasteiger charge is 2.32. The molecule has 198 valence electrons. The van der Waals surface area contributed by atoms with Gasteiger partial charge in [0, 0.05) is 12.6 Å². The maximum atomic E-state index is 13.8. The summed E-state index contributed by atoms with van der Waals surface area (Å²) in [6.07, 6.45) is 2.21. The average Bonchev–Trinajstić information content (AvgIpc) is 2.83. The van der Waals surface area contributed by atoms with Crippen LogP contribution in [0, 0.1) is 13.8 Å². The molecule has 0 saturated carbocycles. The number of rotatable bonds is 12. The van der Waals surface area contributed by atoms with Gasteiger partial charge >= 0.3 is 0 Å². The highest BCUT2D eigenvalue weighted by molar-refractivity contribution is 7.92. The monoisotopic (exact) mass is 517 g/mol. The Morgan fingerprint density at radius 1 is 1.06 bits per heavy atom. The zero-order chi connectivity index (χ0) is 27.0. The van der Waals surface area contributed by atoms with E-state index in [1.165, 1.54) is 4.90 Å². The Hall–Kier alpha value is -3.07.